The zero-order chi connectivity index (χ0) is 20.1. The number of alkyl halides is 3. The number of hydrogen-bond donors (Lipinski definition) is 1. The van der Waals surface area contributed by atoms with Gasteiger partial charge < -0.3 is 5.11 Å². The molecule has 0 saturated heterocycles. The van der Waals surface area contributed by atoms with Gasteiger partial charge in [-0.1, -0.05) is 42.0 Å². The zero-order valence-corrected chi connectivity index (χ0v) is 14.9. The smallest absolute Gasteiger partial charge is 0.394 e. The summed E-state index contributed by atoms with van der Waals surface area (Å²) in [5, 5.41) is 15.9. The Hall–Kier alpha value is -3.00. The van der Waals surface area contributed by atoms with Crippen LogP contribution in [-0.4, -0.2) is 27.7 Å². The number of benzene rings is 2. The molecule has 0 aliphatic heterocycles. The number of aromatic nitrogens is 2. The third-order valence-corrected chi connectivity index (χ3v) is 5.08. The molecule has 0 saturated carbocycles. The molecule has 8 heteroatoms. The molecular weight excluding hydrogens is 371 g/mol. The van der Waals surface area contributed by atoms with Crippen LogP contribution in [0.4, 0.5) is 13.2 Å². The second-order valence-corrected chi connectivity index (χ2v) is 6.80. The van der Waals surface area contributed by atoms with E-state index in [2.05, 4.69) is 10.3 Å². The Balaban J connectivity index is 2.08. The average Bonchev–Trinajstić information content (AvgIpc) is 3.21. The van der Waals surface area contributed by atoms with E-state index in [9.17, 15) is 18.1 Å². The number of aliphatic hydroxyl groups excluding tert-OH is 1. The van der Waals surface area contributed by atoms with Crippen LogP contribution in [0.25, 0.3) is 22.3 Å². The van der Waals surface area contributed by atoms with E-state index in [1.807, 2.05) is 0 Å². The molecule has 1 N–H and O–H groups in total. The fourth-order valence-electron chi connectivity index (χ4n) is 3.93. The normalized spacial score (nSPS) is 18.0. The van der Waals surface area contributed by atoms with Gasteiger partial charge in [0.25, 0.3) is 0 Å². The molecule has 1 aliphatic carbocycles. The minimum Gasteiger partial charge on any atom is -0.394 e. The zero-order valence-electron chi connectivity index (χ0n) is 14.9. The Morgan fingerprint density at radius 1 is 1.18 bits per heavy atom. The third kappa shape index (κ3) is 2.41. The van der Waals surface area contributed by atoms with Crippen LogP contribution in [0, 0.1) is 11.8 Å². The Labute approximate surface area is 158 Å². The highest BCUT2D eigenvalue weighted by Crippen LogP contribution is 2.59. The van der Waals surface area contributed by atoms with E-state index in [0.29, 0.717) is 27.8 Å². The lowest BCUT2D eigenvalue weighted by atomic mass is 9.86. The van der Waals surface area contributed by atoms with Crippen LogP contribution in [0.3, 0.4) is 0 Å². The molecular formula is C20H16F3N3O2. The molecule has 1 heterocycles. The first-order chi connectivity index (χ1) is 13.3. The van der Waals surface area contributed by atoms with Gasteiger partial charge in [-0.15, -0.1) is 4.91 Å². The number of fused-ring (bicyclic) bond motifs is 3. The fraction of sp³-hybridized carbons (Fsp3) is 0.250. The first kappa shape index (κ1) is 18.4. The third-order valence-electron chi connectivity index (χ3n) is 5.08. The monoisotopic (exact) mass is 387 g/mol. The standard InChI is InChI=1S/C20H16F3N3O2/c1-12-8-15(13-10-24-26(11-13)6-7-27)18-14-4-2-3-5-16(14)19(25-28,17(18)9-12)20(21,22)23/h2-5,8-11,27H,6-7H2,1H3. The maximum absolute atomic E-state index is 14.2. The second kappa shape index (κ2) is 6.27. The van der Waals surface area contributed by atoms with Crippen LogP contribution >= 0.6 is 0 Å². The van der Waals surface area contributed by atoms with Crippen molar-refractivity contribution in [1.82, 2.24) is 9.78 Å². The minimum atomic E-state index is -4.89. The summed E-state index contributed by atoms with van der Waals surface area (Å²) >= 11 is 0. The van der Waals surface area contributed by atoms with Crippen molar-refractivity contribution in [2.75, 3.05) is 6.61 Å². The molecule has 4 rings (SSSR count). The highest BCUT2D eigenvalue weighted by molar-refractivity contribution is 5.93. The van der Waals surface area contributed by atoms with Crippen LogP contribution < -0.4 is 0 Å². The Bertz CT molecular complexity index is 1070. The molecule has 0 radical (unpaired) electrons. The number of nitrogens with zero attached hydrogens (tertiary/aromatic N) is 3. The van der Waals surface area contributed by atoms with Gasteiger partial charge in [0.2, 0.25) is 5.54 Å². The maximum atomic E-state index is 14.2. The topological polar surface area (TPSA) is 67.5 Å². The quantitative estimate of drug-likeness (QED) is 0.675. The van der Waals surface area contributed by atoms with Gasteiger partial charge >= 0.3 is 6.18 Å². The first-order valence-corrected chi connectivity index (χ1v) is 8.63. The molecule has 5 nitrogen and oxygen atoms in total. The van der Waals surface area contributed by atoms with Gasteiger partial charge in [0.1, 0.15) is 0 Å². The SMILES string of the molecule is Cc1cc(-c2cnn(CCO)c2)c2c(c1)C(N=O)(C(F)(F)F)c1ccccc1-2. The number of rotatable bonds is 4. The summed E-state index contributed by atoms with van der Waals surface area (Å²) in [6.45, 7) is 1.84. The maximum Gasteiger partial charge on any atom is 0.425 e. The van der Waals surface area contributed by atoms with Crippen LogP contribution in [0.2, 0.25) is 0 Å². The summed E-state index contributed by atoms with van der Waals surface area (Å²) in [6.07, 6.45) is -1.69. The summed E-state index contributed by atoms with van der Waals surface area (Å²) in [5.41, 5.74) is -0.882. The fourth-order valence-corrected chi connectivity index (χ4v) is 3.93. The predicted octanol–water partition coefficient (Wildman–Crippen LogP) is 4.40. The second-order valence-electron chi connectivity index (χ2n) is 6.80. The van der Waals surface area contributed by atoms with E-state index in [1.54, 1.807) is 31.3 Å². The van der Waals surface area contributed by atoms with Crippen molar-refractivity contribution in [3.63, 3.8) is 0 Å². The number of aliphatic hydroxyl groups is 1. The largest absolute Gasteiger partial charge is 0.425 e. The van der Waals surface area contributed by atoms with Gasteiger partial charge in [-0.2, -0.15) is 18.3 Å². The molecule has 1 aromatic heterocycles. The summed E-state index contributed by atoms with van der Waals surface area (Å²) in [6, 6.07) is 9.14. The highest BCUT2D eigenvalue weighted by atomic mass is 19.4. The number of hydrogen-bond acceptors (Lipinski definition) is 4. The highest BCUT2D eigenvalue weighted by Gasteiger charge is 2.64. The van der Waals surface area contributed by atoms with E-state index in [1.165, 1.54) is 29.1 Å². The van der Waals surface area contributed by atoms with E-state index >= 15 is 0 Å². The van der Waals surface area contributed by atoms with E-state index in [-0.39, 0.29) is 24.3 Å². The number of nitroso groups, excluding NO2 is 1. The van der Waals surface area contributed by atoms with Gasteiger partial charge in [-0.05, 0) is 28.8 Å². The van der Waals surface area contributed by atoms with Crippen LogP contribution in [0.15, 0.2) is 54.0 Å². The van der Waals surface area contributed by atoms with E-state index < -0.39 is 11.7 Å². The van der Waals surface area contributed by atoms with Crippen LogP contribution in [0.5, 0.6) is 0 Å². The van der Waals surface area contributed by atoms with Crippen LogP contribution in [-0.2, 0) is 12.1 Å². The molecule has 0 fully saturated rings. The molecule has 28 heavy (non-hydrogen) atoms. The van der Waals surface area contributed by atoms with Crippen molar-refractivity contribution in [2.24, 2.45) is 5.18 Å². The summed E-state index contributed by atoms with van der Waals surface area (Å²) in [4.78, 5) is 11.7. The van der Waals surface area contributed by atoms with Gasteiger partial charge in [-0.3, -0.25) is 4.68 Å². The van der Waals surface area contributed by atoms with Crippen LogP contribution in [0.1, 0.15) is 16.7 Å². The van der Waals surface area contributed by atoms with Gasteiger partial charge in [-0.25, -0.2) is 0 Å². The number of halogens is 3. The van der Waals surface area contributed by atoms with Crippen molar-refractivity contribution in [3.05, 3.63) is 70.4 Å². The molecule has 1 unspecified atom stereocenters. The van der Waals surface area contributed by atoms with Gasteiger partial charge in [0.05, 0.1) is 19.3 Å². The molecule has 3 aromatic rings. The van der Waals surface area contributed by atoms with E-state index in [4.69, 9.17) is 5.11 Å². The van der Waals surface area contributed by atoms with Crippen molar-refractivity contribution < 1.29 is 18.3 Å². The Morgan fingerprint density at radius 3 is 2.61 bits per heavy atom. The molecule has 1 atom stereocenters. The predicted molar refractivity (Wildman–Crippen MR) is 97.6 cm³/mol. The van der Waals surface area contributed by atoms with Crippen molar-refractivity contribution >= 4 is 0 Å². The average molecular weight is 387 g/mol. The molecule has 0 spiro atoms. The first-order valence-electron chi connectivity index (χ1n) is 8.63. The van der Waals surface area contributed by atoms with Crippen molar-refractivity contribution in [1.29, 1.82) is 0 Å². The van der Waals surface area contributed by atoms with Crippen molar-refractivity contribution in [2.45, 2.75) is 25.2 Å². The molecule has 2 aromatic carbocycles. The summed E-state index contributed by atoms with van der Waals surface area (Å²) in [7, 11) is 0. The summed E-state index contributed by atoms with van der Waals surface area (Å²) in [5.74, 6) is 0. The summed E-state index contributed by atoms with van der Waals surface area (Å²) < 4.78 is 44.1. The molecule has 0 amide bonds. The lowest BCUT2D eigenvalue weighted by molar-refractivity contribution is -0.175. The lowest BCUT2D eigenvalue weighted by Gasteiger charge is -2.27. The van der Waals surface area contributed by atoms with Gasteiger partial charge in [0.15, 0.2) is 0 Å². The van der Waals surface area contributed by atoms with E-state index in [0.717, 1.165) is 0 Å². The lowest BCUT2D eigenvalue weighted by Crippen LogP contribution is -2.39. The van der Waals surface area contributed by atoms with Crippen molar-refractivity contribution in [3.8, 4) is 22.3 Å². The molecule has 144 valence electrons. The Morgan fingerprint density at radius 2 is 1.93 bits per heavy atom. The minimum absolute atomic E-state index is 0.109. The number of aryl methyl sites for hydroxylation is 1. The van der Waals surface area contributed by atoms with Gasteiger partial charge in [0, 0.05) is 22.9 Å². The molecule has 1 aliphatic rings. The molecule has 0 bridgehead atoms. The Kier molecular flexibility index (Phi) is 4.11.